The molecule has 126 valence electrons. The second-order valence-corrected chi connectivity index (χ2v) is 7.22. The van der Waals surface area contributed by atoms with Crippen LogP contribution in [0.25, 0.3) is 0 Å². The van der Waals surface area contributed by atoms with E-state index < -0.39 is 0 Å². The molecule has 2 heterocycles. The van der Waals surface area contributed by atoms with Crippen molar-refractivity contribution in [3.8, 4) is 0 Å². The first-order chi connectivity index (χ1) is 11.5. The van der Waals surface area contributed by atoms with Gasteiger partial charge in [-0.15, -0.1) is 0 Å². The number of piperidine rings is 1. The molecule has 0 unspecified atom stereocenters. The number of nitrogens with one attached hydrogen (secondary N) is 1. The molecule has 1 fully saturated rings. The van der Waals surface area contributed by atoms with Gasteiger partial charge in [-0.25, -0.2) is 9.97 Å². The van der Waals surface area contributed by atoms with E-state index in [9.17, 15) is 4.79 Å². The normalized spacial score (nSPS) is 15.4. The maximum absolute atomic E-state index is 12.4. The van der Waals surface area contributed by atoms with Crippen LogP contribution in [0.1, 0.15) is 35.8 Å². The Balaban J connectivity index is 1.72. The van der Waals surface area contributed by atoms with Gasteiger partial charge in [0.05, 0.1) is 11.3 Å². The van der Waals surface area contributed by atoms with E-state index in [0.29, 0.717) is 11.3 Å². The standard InChI is InChI=1S/C18H21BrN4O/c1-12-7-9-23(10-8-12)18-20-11-16(13(2)21-18)17(24)22-15-5-3-14(19)4-6-15/h3-6,11-12H,7-10H2,1-2H3,(H,22,24). The molecule has 5 nitrogen and oxygen atoms in total. The number of nitrogens with zero attached hydrogens (tertiary/aromatic N) is 3. The number of benzene rings is 1. The molecular formula is C18H21BrN4O. The van der Waals surface area contributed by atoms with Gasteiger partial charge in [-0.3, -0.25) is 4.79 Å². The van der Waals surface area contributed by atoms with E-state index >= 15 is 0 Å². The van der Waals surface area contributed by atoms with Gasteiger partial charge in [0.1, 0.15) is 0 Å². The number of carbonyl (C=O) groups is 1. The van der Waals surface area contributed by atoms with Crippen LogP contribution in [0.2, 0.25) is 0 Å². The van der Waals surface area contributed by atoms with Crippen LogP contribution in [0.5, 0.6) is 0 Å². The number of aryl methyl sites for hydroxylation is 1. The Morgan fingerprint density at radius 3 is 2.54 bits per heavy atom. The van der Waals surface area contributed by atoms with Gasteiger partial charge in [0, 0.05) is 29.4 Å². The van der Waals surface area contributed by atoms with Crippen LogP contribution in [0.4, 0.5) is 11.6 Å². The zero-order valence-electron chi connectivity index (χ0n) is 13.9. The number of rotatable bonds is 3. The molecule has 24 heavy (non-hydrogen) atoms. The summed E-state index contributed by atoms with van der Waals surface area (Å²) in [5.41, 5.74) is 1.96. The van der Waals surface area contributed by atoms with Crippen molar-refractivity contribution >= 4 is 33.5 Å². The van der Waals surface area contributed by atoms with Crippen LogP contribution in [0.3, 0.4) is 0 Å². The van der Waals surface area contributed by atoms with Gasteiger partial charge in [0.25, 0.3) is 5.91 Å². The number of hydrogen-bond acceptors (Lipinski definition) is 4. The van der Waals surface area contributed by atoms with E-state index in [0.717, 1.165) is 48.0 Å². The summed E-state index contributed by atoms with van der Waals surface area (Å²) in [6, 6.07) is 7.47. The molecule has 0 saturated carbocycles. The van der Waals surface area contributed by atoms with Gasteiger partial charge in [0.2, 0.25) is 5.95 Å². The van der Waals surface area contributed by atoms with Crippen LogP contribution in [0, 0.1) is 12.8 Å². The van der Waals surface area contributed by atoms with Crippen molar-refractivity contribution in [1.82, 2.24) is 9.97 Å². The highest BCUT2D eigenvalue weighted by Gasteiger charge is 2.19. The molecule has 1 aliphatic heterocycles. The molecule has 0 atom stereocenters. The lowest BCUT2D eigenvalue weighted by atomic mass is 10.00. The Bertz CT molecular complexity index is 724. The predicted octanol–water partition coefficient (Wildman–Crippen LogP) is 4.04. The summed E-state index contributed by atoms with van der Waals surface area (Å²) in [5, 5.41) is 2.88. The topological polar surface area (TPSA) is 58.1 Å². The number of halogens is 1. The fourth-order valence-corrected chi connectivity index (χ4v) is 3.03. The lowest BCUT2D eigenvalue weighted by Crippen LogP contribution is -2.34. The molecule has 1 saturated heterocycles. The molecule has 2 aromatic rings. The molecular weight excluding hydrogens is 368 g/mol. The molecule has 3 rings (SSSR count). The molecule has 1 aromatic carbocycles. The van der Waals surface area contributed by atoms with Crippen molar-refractivity contribution < 1.29 is 4.79 Å². The summed E-state index contributed by atoms with van der Waals surface area (Å²) in [6.07, 6.45) is 3.95. The van der Waals surface area contributed by atoms with Gasteiger partial charge in [0.15, 0.2) is 0 Å². The van der Waals surface area contributed by atoms with Crippen molar-refractivity contribution in [3.05, 3.63) is 46.2 Å². The Hall–Kier alpha value is -1.95. The molecule has 0 spiro atoms. The second-order valence-electron chi connectivity index (χ2n) is 6.30. The second kappa shape index (κ2) is 7.30. The van der Waals surface area contributed by atoms with Crippen molar-refractivity contribution in [2.75, 3.05) is 23.3 Å². The number of carbonyl (C=O) groups excluding carboxylic acids is 1. The summed E-state index contributed by atoms with van der Waals surface area (Å²) in [7, 11) is 0. The van der Waals surface area contributed by atoms with Crippen LogP contribution in [-0.2, 0) is 0 Å². The average molecular weight is 389 g/mol. The van der Waals surface area contributed by atoms with Crippen molar-refractivity contribution in [2.24, 2.45) is 5.92 Å². The van der Waals surface area contributed by atoms with Crippen LogP contribution < -0.4 is 10.2 Å². The molecule has 1 aliphatic rings. The van der Waals surface area contributed by atoms with Gasteiger partial charge in [-0.2, -0.15) is 0 Å². The average Bonchev–Trinajstić information content (AvgIpc) is 2.57. The summed E-state index contributed by atoms with van der Waals surface area (Å²) >= 11 is 3.38. The third-order valence-corrected chi connectivity index (χ3v) is 4.91. The van der Waals surface area contributed by atoms with E-state index in [2.05, 4.69) is 43.0 Å². The van der Waals surface area contributed by atoms with Crippen molar-refractivity contribution in [1.29, 1.82) is 0 Å². The monoisotopic (exact) mass is 388 g/mol. The van der Waals surface area contributed by atoms with E-state index in [1.54, 1.807) is 6.20 Å². The van der Waals surface area contributed by atoms with Crippen LogP contribution >= 0.6 is 15.9 Å². The Kier molecular flexibility index (Phi) is 5.14. The molecule has 0 aliphatic carbocycles. The van der Waals surface area contributed by atoms with E-state index in [-0.39, 0.29) is 5.91 Å². The molecule has 1 amide bonds. The first-order valence-corrected chi connectivity index (χ1v) is 8.98. The minimum absolute atomic E-state index is 0.186. The van der Waals surface area contributed by atoms with Gasteiger partial charge in [-0.05, 0) is 49.9 Å². The highest BCUT2D eigenvalue weighted by Crippen LogP contribution is 2.21. The minimum Gasteiger partial charge on any atom is -0.341 e. The molecule has 0 radical (unpaired) electrons. The number of hydrogen-bond donors (Lipinski definition) is 1. The minimum atomic E-state index is -0.186. The molecule has 1 aromatic heterocycles. The fourth-order valence-electron chi connectivity index (χ4n) is 2.77. The van der Waals surface area contributed by atoms with E-state index in [1.165, 1.54) is 0 Å². The van der Waals surface area contributed by atoms with Crippen molar-refractivity contribution in [2.45, 2.75) is 26.7 Å². The molecule has 6 heteroatoms. The van der Waals surface area contributed by atoms with Gasteiger partial charge in [-0.1, -0.05) is 22.9 Å². The first kappa shape index (κ1) is 16.9. The van der Waals surface area contributed by atoms with Crippen LogP contribution in [0.15, 0.2) is 34.9 Å². The number of amides is 1. The SMILES string of the molecule is Cc1nc(N2CCC(C)CC2)ncc1C(=O)Nc1ccc(Br)cc1. The zero-order valence-corrected chi connectivity index (χ0v) is 15.5. The Labute approximate surface area is 150 Å². The molecule has 1 N–H and O–H groups in total. The summed E-state index contributed by atoms with van der Waals surface area (Å²) in [5.74, 6) is 1.30. The van der Waals surface area contributed by atoms with Gasteiger partial charge >= 0.3 is 0 Å². The lowest BCUT2D eigenvalue weighted by molar-refractivity contribution is 0.102. The molecule has 0 bridgehead atoms. The number of aromatic nitrogens is 2. The largest absolute Gasteiger partial charge is 0.341 e. The third kappa shape index (κ3) is 3.93. The van der Waals surface area contributed by atoms with Crippen molar-refractivity contribution in [3.63, 3.8) is 0 Å². The maximum Gasteiger partial charge on any atom is 0.259 e. The Morgan fingerprint density at radius 2 is 1.92 bits per heavy atom. The summed E-state index contributed by atoms with van der Waals surface area (Å²) < 4.78 is 0.972. The number of anilines is 2. The fraction of sp³-hybridized carbons (Fsp3) is 0.389. The highest BCUT2D eigenvalue weighted by molar-refractivity contribution is 9.10. The zero-order chi connectivity index (χ0) is 17.1. The Morgan fingerprint density at radius 1 is 1.25 bits per heavy atom. The maximum atomic E-state index is 12.4. The van der Waals surface area contributed by atoms with E-state index in [1.807, 2.05) is 31.2 Å². The lowest BCUT2D eigenvalue weighted by Gasteiger charge is -2.30. The summed E-state index contributed by atoms with van der Waals surface area (Å²) in [6.45, 7) is 6.09. The smallest absolute Gasteiger partial charge is 0.259 e. The van der Waals surface area contributed by atoms with Gasteiger partial charge < -0.3 is 10.2 Å². The quantitative estimate of drug-likeness (QED) is 0.861. The predicted molar refractivity (Wildman–Crippen MR) is 99.5 cm³/mol. The van der Waals surface area contributed by atoms with E-state index in [4.69, 9.17) is 0 Å². The van der Waals surface area contributed by atoms with Crippen LogP contribution in [-0.4, -0.2) is 29.0 Å². The first-order valence-electron chi connectivity index (χ1n) is 8.18. The highest BCUT2D eigenvalue weighted by atomic mass is 79.9. The third-order valence-electron chi connectivity index (χ3n) is 4.38. The summed E-state index contributed by atoms with van der Waals surface area (Å²) in [4.78, 5) is 23.6.